The topological polar surface area (TPSA) is 157 Å². The summed E-state index contributed by atoms with van der Waals surface area (Å²) in [5.74, 6) is -2.45. The molecule has 5 atom stereocenters. The molecular formula is C38H46FN5O7S2. The molecule has 0 saturated heterocycles. The Hall–Kier alpha value is -4.11. The second-order valence-corrected chi connectivity index (χ2v) is 18.0. The molecule has 4 aliphatic rings. The number of hydrogen-bond acceptors (Lipinski definition) is 10. The molecule has 0 radical (unpaired) electrons. The number of carbonyl (C=O) groups is 3. The molecule has 284 valence electrons. The number of aromatic nitrogens is 2. The number of halogens is 1. The van der Waals surface area contributed by atoms with Gasteiger partial charge < -0.3 is 19.7 Å². The second-order valence-electron chi connectivity index (χ2n) is 15.2. The van der Waals surface area contributed by atoms with Crippen LogP contribution in [-0.4, -0.2) is 84.3 Å². The maximum atomic E-state index is 16.4. The van der Waals surface area contributed by atoms with Crippen LogP contribution in [0.4, 0.5) is 4.39 Å². The van der Waals surface area contributed by atoms with Gasteiger partial charge in [0.15, 0.2) is 11.2 Å². The van der Waals surface area contributed by atoms with Gasteiger partial charge in [0.05, 0.1) is 35.4 Å². The van der Waals surface area contributed by atoms with Gasteiger partial charge in [-0.25, -0.2) is 22.8 Å². The van der Waals surface area contributed by atoms with E-state index in [1.807, 2.05) is 35.2 Å². The first kappa shape index (κ1) is 37.2. The highest BCUT2D eigenvalue weighted by atomic mass is 32.2. The van der Waals surface area contributed by atoms with Gasteiger partial charge in [0, 0.05) is 42.4 Å². The molecule has 2 aromatic heterocycles. The maximum absolute atomic E-state index is 16.4. The molecule has 1 unspecified atom stereocenters. The van der Waals surface area contributed by atoms with Crippen molar-refractivity contribution < 1.29 is 36.7 Å². The third-order valence-electron chi connectivity index (χ3n) is 11.1. The number of methoxy groups -OCH3 is 1. The molecular weight excluding hydrogens is 722 g/mol. The number of allylic oxidation sites excluding steroid dienone is 1. The average Bonchev–Trinajstić information content (AvgIpc) is 3.94. The smallest absolute Gasteiger partial charge is 0.263 e. The van der Waals surface area contributed by atoms with E-state index in [1.54, 1.807) is 25.1 Å². The number of alkyl halides is 1. The lowest BCUT2D eigenvalue weighted by molar-refractivity contribution is -0.141. The van der Waals surface area contributed by atoms with Crippen molar-refractivity contribution in [3.05, 3.63) is 47.0 Å². The molecule has 3 fully saturated rings. The number of ether oxygens (including phenoxy) is 2. The normalized spacial score (nSPS) is 28.5. The summed E-state index contributed by atoms with van der Waals surface area (Å²) >= 11 is 1.48. The van der Waals surface area contributed by atoms with Gasteiger partial charge >= 0.3 is 0 Å². The Balaban J connectivity index is 1.22. The van der Waals surface area contributed by atoms with E-state index >= 15 is 4.39 Å². The van der Waals surface area contributed by atoms with Gasteiger partial charge in [0.1, 0.15) is 28.3 Å². The summed E-state index contributed by atoms with van der Waals surface area (Å²) in [6.45, 7) is 6.52. The SMILES string of the molecule is COc1ccc2c(O[C@@H]3C[C@H]4C(=O)N[C@]5(C(=O)NS(=O)(=O)C6CC6)CC5(F)/C=C\CCCCN(C)C(=O)[C@@H]4C3)cc(-c3nc(C(C)C)cs3)nc2c1C. The van der Waals surface area contributed by atoms with E-state index in [1.165, 1.54) is 17.4 Å². The Morgan fingerprint density at radius 1 is 1.13 bits per heavy atom. The molecule has 3 amide bonds. The molecule has 12 nitrogen and oxygen atoms in total. The van der Waals surface area contributed by atoms with E-state index in [0.29, 0.717) is 61.4 Å². The number of nitrogens with zero attached hydrogens (tertiary/aromatic N) is 3. The average molecular weight is 768 g/mol. The summed E-state index contributed by atoms with van der Waals surface area (Å²) < 4.78 is 56.3. The van der Waals surface area contributed by atoms with Crippen LogP contribution in [0.1, 0.15) is 82.4 Å². The number of nitrogens with one attached hydrogen (secondary N) is 2. The monoisotopic (exact) mass is 767 g/mol. The fourth-order valence-electron chi connectivity index (χ4n) is 7.58. The lowest BCUT2D eigenvalue weighted by Crippen LogP contribution is -2.56. The number of thiazole rings is 1. The van der Waals surface area contributed by atoms with Crippen LogP contribution in [0.2, 0.25) is 0 Å². The van der Waals surface area contributed by atoms with Crippen LogP contribution in [0.25, 0.3) is 21.6 Å². The molecule has 1 aliphatic heterocycles. The zero-order valence-corrected chi connectivity index (χ0v) is 32.2. The number of rotatable bonds is 8. The van der Waals surface area contributed by atoms with Crippen LogP contribution in [0, 0.1) is 18.8 Å². The Morgan fingerprint density at radius 2 is 1.89 bits per heavy atom. The zero-order valence-electron chi connectivity index (χ0n) is 30.6. The second kappa shape index (κ2) is 13.9. The Bertz CT molecular complexity index is 2100. The number of fused-ring (bicyclic) bond motifs is 3. The third-order valence-corrected chi connectivity index (χ3v) is 13.8. The molecule has 0 bridgehead atoms. The Labute approximate surface area is 313 Å². The van der Waals surface area contributed by atoms with Gasteiger partial charge in [-0.3, -0.25) is 19.1 Å². The number of benzene rings is 1. The number of pyridine rings is 1. The predicted molar refractivity (Wildman–Crippen MR) is 199 cm³/mol. The molecule has 3 aromatic rings. The molecule has 3 heterocycles. The first-order chi connectivity index (χ1) is 25.2. The highest BCUT2D eigenvalue weighted by Crippen LogP contribution is 2.54. The minimum absolute atomic E-state index is 0.103. The fourth-order valence-corrected chi connectivity index (χ4v) is 9.88. The molecule has 3 saturated carbocycles. The molecule has 15 heteroatoms. The minimum atomic E-state index is -4.02. The summed E-state index contributed by atoms with van der Waals surface area (Å²) in [5, 5.41) is 5.36. The first-order valence-electron chi connectivity index (χ1n) is 18.3. The van der Waals surface area contributed by atoms with E-state index in [0.717, 1.165) is 21.7 Å². The number of amides is 3. The molecule has 2 N–H and O–H groups in total. The van der Waals surface area contributed by atoms with Crippen molar-refractivity contribution in [3.63, 3.8) is 0 Å². The number of aryl methyl sites for hydroxylation is 1. The molecule has 3 aliphatic carbocycles. The summed E-state index contributed by atoms with van der Waals surface area (Å²) in [4.78, 5) is 53.3. The Morgan fingerprint density at radius 3 is 2.58 bits per heavy atom. The maximum Gasteiger partial charge on any atom is 0.263 e. The molecule has 1 aromatic carbocycles. The van der Waals surface area contributed by atoms with Crippen molar-refractivity contribution in [2.24, 2.45) is 11.8 Å². The van der Waals surface area contributed by atoms with Crippen molar-refractivity contribution in [1.82, 2.24) is 24.9 Å². The highest BCUT2D eigenvalue weighted by molar-refractivity contribution is 7.91. The summed E-state index contributed by atoms with van der Waals surface area (Å²) in [7, 11) is -0.720. The van der Waals surface area contributed by atoms with Crippen LogP contribution in [0.3, 0.4) is 0 Å². The molecule has 7 rings (SSSR count). The lowest BCUT2D eigenvalue weighted by atomic mass is 9.92. The van der Waals surface area contributed by atoms with E-state index in [4.69, 9.17) is 19.4 Å². The summed E-state index contributed by atoms with van der Waals surface area (Å²) in [6, 6.07) is 5.54. The van der Waals surface area contributed by atoms with E-state index in [9.17, 15) is 22.8 Å². The van der Waals surface area contributed by atoms with E-state index in [2.05, 4.69) is 19.2 Å². The van der Waals surface area contributed by atoms with E-state index in [-0.39, 0.29) is 24.7 Å². The zero-order chi connectivity index (χ0) is 37.9. The van der Waals surface area contributed by atoms with Crippen molar-refractivity contribution in [1.29, 1.82) is 0 Å². The third kappa shape index (κ3) is 7.02. The number of sulfonamides is 1. The Kier molecular flexibility index (Phi) is 9.79. The van der Waals surface area contributed by atoms with Crippen LogP contribution in [0.5, 0.6) is 11.5 Å². The van der Waals surface area contributed by atoms with Crippen molar-refractivity contribution in [2.45, 2.75) is 101 Å². The van der Waals surface area contributed by atoms with Crippen LogP contribution in [0.15, 0.2) is 35.7 Å². The van der Waals surface area contributed by atoms with Gasteiger partial charge in [-0.15, -0.1) is 11.3 Å². The van der Waals surface area contributed by atoms with Crippen molar-refractivity contribution >= 4 is 50.0 Å². The van der Waals surface area contributed by atoms with Crippen LogP contribution < -0.4 is 19.5 Å². The van der Waals surface area contributed by atoms with Gasteiger partial charge in [-0.2, -0.15) is 0 Å². The van der Waals surface area contributed by atoms with Crippen molar-refractivity contribution in [3.8, 4) is 22.2 Å². The minimum Gasteiger partial charge on any atom is -0.496 e. The first-order valence-corrected chi connectivity index (χ1v) is 20.7. The quantitative estimate of drug-likeness (QED) is 0.289. The standard InChI is InChI=1S/C38H46FN5O7S2/c1-21(2)29-19-52-34(41-29)28-18-31(25-12-13-30(50-5)22(3)32(25)40-28)51-23-16-26-27(17-23)35(46)44(4)15-9-7-6-8-14-37(39)20-38(37,42-33(26)45)36(47)43-53(48,49)24-10-11-24/h8,12-14,18-19,21,23-24,26-27H,6-7,9-11,15-17,20H2,1-5H3,(H,42,45)(H,43,47)/b14-8-/t23-,26-,27-,37?,38+/m1/s1. The van der Waals surface area contributed by atoms with Crippen molar-refractivity contribution in [2.75, 3.05) is 20.7 Å². The van der Waals surface area contributed by atoms with Gasteiger partial charge in [0.2, 0.25) is 21.8 Å². The number of hydrogen-bond donors (Lipinski definition) is 2. The fraction of sp³-hybridized carbons (Fsp3) is 0.553. The van der Waals surface area contributed by atoms with Gasteiger partial charge in [0.25, 0.3) is 5.91 Å². The predicted octanol–water partition coefficient (Wildman–Crippen LogP) is 5.35. The lowest BCUT2D eigenvalue weighted by Gasteiger charge is -2.27. The van der Waals surface area contributed by atoms with Gasteiger partial charge in [-0.1, -0.05) is 19.9 Å². The van der Waals surface area contributed by atoms with Crippen LogP contribution in [-0.2, 0) is 24.4 Å². The molecule has 0 spiro atoms. The van der Waals surface area contributed by atoms with Crippen LogP contribution >= 0.6 is 11.3 Å². The summed E-state index contributed by atoms with van der Waals surface area (Å²) in [6.07, 6.45) is 4.81. The van der Waals surface area contributed by atoms with E-state index < -0.39 is 62.7 Å². The largest absolute Gasteiger partial charge is 0.496 e. The van der Waals surface area contributed by atoms with Gasteiger partial charge in [-0.05, 0) is 76.0 Å². The summed E-state index contributed by atoms with van der Waals surface area (Å²) in [5.41, 5.74) is -1.37. The highest BCUT2D eigenvalue weighted by Gasteiger charge is 2.74. The number of carbonyl (C=O) groups excluding carboxylic acids is 3. The molecule has 53 heavy (non-hydrogen) atoms.